The van der Waals surface area contributed by atoms with Crippen LogP contribution in [-0.4, -0.2) is 35.2 Å². The molecule has 0 fully saturated rings. The number of aromatic nitrogens is 6. The van der Waals surface area contributed by atoms with E-state index in [2.05, 4.69) is 37.5 Å². The maximum Gasteiger partial charge on any atom is 0.273 e. The number of benzene rings is 1. The Balaban J connectivity index is 1.36. The molecule has 5 aromatic rings. The van der Waals surface area contributed by atoms with Crippen LogP contribution in [0.5, 0.6) is 0 Å². The molecule has 37 heavy (non-hydrogen) atoms. The number of hydrogen-bond donors (Lipinski definition) is 2. The summed E-state index contributed by atoms with van der Waals surface area (Å²) >= 11 is 0. The van der Waals surface area contributed by atoms with E-state index in [9.17, 15) is 9.59 Å². The monoisotopic (exact) mass is 495 g/mol. The summed E-state index contributed by atoms with van der Waals surface area (Å²) in [5.74, 6) is -0.261. The molecule has 0 saturated heterocycles. The van der Waals surface area contributed by atoms with Crippen LogP contribution in [0.3, 0.4) is 0 Å². The average Bonchev–Trinajstić information content (AvgIpc) is 3.47. The first-order valence-electron chi connectivity index (χ1n) is 12.3. The van der Waals surface area contributed by atoms with Crippen LogP contribution in [0.1, 0.15) is 29.1 Å². The number of carbonyl (C=O) groups is 1. The highest BCUT2D eigenvalue weighted by Crippen LogP contribution is 2.21. The van der Waals surface area contributed by atoms with Gasteiger partial charge in [0, 0.05) is 47.8 Å². The number of aryl methyl sites for hydroxylation is 4. The minimum absolute atomic E-state index is 0.113. The van der Waals surface area contributed by atoms with Crippen molar-refractivity contribution in [2.75, 3.05) is 0 Å². The van der Waals surface area contributed by atoms with Gasteiger partial charge in [0.2, 0.25) is 5.91 Å². The van der Waals surface area contributed by atoms with Gasteiger partial charge in [0.1, 0.15) is 12.2 Å². The Labute approximate surface area is 214 Å². The van der Waals surface area contributed by atoms with Crippen LogP contribution in [0.2, 0.25) is 0 Å². The van der Waals surface area contributed by atoms with Crippen molar-refractivity contribution in [3.63, 3.8) is 0 Å². The van der Waals surface area contributed by atoms with Gasteiger partial charge in [0.15, 0.2) is 0 Å². The highest BCUT2D eigenvalue weighted by molar-refractivity contribution is 5.80. The van der Waals surface area contributed by atoms with Gasteiger partial charge in [-0.05, 0) is 43.9 Å². The second-order valence-electron chi connectivity index (χ2n) is 9.16. The first-order chi connectivity index (χ1) is 18.0. The topological polar surface area (TPSA) is 110 Å². The van der Waals surface area contributed by atoms with Crippen molar-refractivity contribution in [2.45, 2.75) is 39.3 Å². The number of aromatic amines is 1. The Hall–Kier alpha value is -4.53. The molecular weight excluding hydrogens is 466 g/mol. The number of hydrogen-bond acceptors (Lipinski definition) is 5. The molecule has 188 valence electrons. The number of nitrogens with zero attached hydrogens (tertiary/aromatic N) is 5. The average molecular weight is 496 g/mol. The summed E-state index contributed by atoms with van der Waals surface area (Å²) in [6.07, 6.45) is 9.19. The summed E-state index contributed by atoms with van der Waals surface area (Å²) in [4.78, 5) is 38.4. The maximum atomic E-state index is 13.5. The predicted molar refractivity (Wildman–Crippen MR) is 142 cm³/mol. The lowest BCUT2D eigenvalue weighted by molar-refractivity contribution is -0.121. The Morgan fingerprint density at radius 2 is 1.95 bits per heavy atom. The van der Waals surface area contributed by atoms with Crippen LogP contribution in [0.25, 0.3) is 22.2 Å². The van der Waals surface area contributed by atoms with E-state index in [1.165, 1.54) is 10.1 Å². The van der Waals surface area contributed by atoms with Gasteiger partial charge in [-0.25, -0.2) is 0 Å². The Morgan fingerprint density at radius 1 is 1.11 bits per heavy atom. The molecule has 2 N–H and O–H groups in total. The zero-order chi connectivity index (χ0) is 25.8. The van der Waals surface area contributed by atoms with Crippen molar-refractivity contribution in [1.82, 2.24) is 34.6 Å². The highest BCUT2D eigenvalue weighted by atomic mass is 16.2. The maximum absolute atomic E-state index is 13.5. The van der Waals surface area contributed by atoms with E-state index in [1.807, 2.05) is 50.5 Å². The first kappa shape index (κ1) is 24.2. The molecule has 0 unspecified atom stereocenters. The molecule has 5 rings (SSSR count). The van der Waals surface area contributed by atoms with Crippen LogP contribution in [-0.2, 0) is 37.8 Å². The summed E-state index contributed by atoms with van der Waals surface area (Å²) in [5.41, 5.74) is 5.37. The SMILES string of the molecule is Cc1nn(C)cc1-c1cnc(CCCc2ccccc2)c(=O)n1CC(=O)NCc1cc2cnccc2[nH]1. The van der Waals surface area contributed by atoms with E-state index in [1.54, 1.807) is 23.3 Å². The molecule has 0 atom stereocenters. The molecule has 9 nitrogen and oxygen atoms in total. The van der Waals surface area contributed by atoms with Crippen molar-refractivity contribution < 1.29 is 4.79 Å². The lowest BCUT2D eigenvalue weighted by Gasteiger charge is -2.14. The summed E-state index contributed by atoms with van der Waals surface area (Å²) < 4.78 is 3.21. The second-order valence-corrected chi connectivity index (χ2v) is 9.16. The third-order valence-electron chi connectivity index (χ3n) is 6.39. The number of amides is 1. The van der Waals surface area contributed by atoms with Gasteiger partial charge in [0.25, 0.3) is 5.56 Å². The molecular formula is C28H29N7O2. The first-order valence-corrected chi connectivity index (χ1v) is 12.3. The van der Waals surface area contributed by atoms with E-state index >= 15 is 0 Å². The third-order valence-corrected chi connectivity index (χ3v) is 6.39. The molecule has 0 aliphatic rings. The quantitative estimate of drug-likeness (QED) is 0.326. The number of nitrogens with one attached hydrogen (secondary N) is 2. The normalized spacial score (nSPS) is 11.2. The zero-order valence-corrected chi connectivity index (χ0v) is 20.9. The minimum atomic E-state index is -0.261. The number of rotatable bonds is 9. The molecule has 0 aliphatic heterocycles. The molecule has 4 heterocycles. The molecule has 0 radical (unpaired) electrons. The standard InChI is InChI=1S/C28H29N7O2/c1-19-23(17-34(2)33-19)26-16-30-25(10-6-9-20-7-4-3-5-8-20)28(37)35(26)18-27(36)31-15-22-13-21-14-29-12-11-24(21)32-22/h3-5,7-8,11-14,16-17,32H,6,9-10,15,18H2,1-2H3,(H,31,36). The van der Waals surface area contributed by atoms with Crippen molar-refractivity contribution in [3.05, 3.63) is 100 Å². The van der Waals surface area contributed by atoms with Gasteiger partial charge < -0.3 is 10.3 Å². The minimum Gasteiger partial charge on any atom is -0.357 e. The summed E-state index contributed by atoms with van der Waals surface area (Å²) in [5, 5.41) is 8.31. The van der Waals surface area contributed by atoms with Crippen LogP contribution < -0.4 is 10.9 Å². The smallest absolute Gasteiger partial charge is 0.273 e. The van der Waals surface area contributed by atoms with Crippen LogP contribution in [0.4, 0.5) is 0 Å². The largest absolute Gasteiger partial charge is 0.357 e. The Bertz CT molecular complexity index is 1570. The number of H-pyrrole nitrogens is 1. The molecule has 4 aromatic heterocycles. The lowest BCUT2D eigenvalue weighted by Crippen LogP contribution is -2.34. The molecule has 0 bridgehead atoms. The fraction of sp³-hybridized carbons (Fsp3) is 0.250. The van der Waals surface area contributed by atoms with Gasteiger partial charge in [0.05, 0.1) is 24.1 Å². The predicted octanol–water partition coefficient (Wildman–Crippen LogP) is 3.32. The summed E-state index contributed by atoms with van der Waals surface area (Å²) in [6.45, 7) is 2.08. The fourth-order valence-corrected chi connectivity index (χ4v) is 4.55. The second kappa shape index (κ2) is 10.6. The van der Waals surface area contributed by atoms with E-state index in [-0.39, 0.29) is 18.0 Å². The van der Waals surface area contributed by atoms with Crippen molar-refractivity contribution in [1.29, 1.82) is 0 Å². The molecule has 9 heteroatoms. The Morgan fingerprint density at radius 3 is 2.70 bits per heavy atom. The van der Waals surface area contributed by atoms with Crippen molar-refractivity contribution in [3.8, 4) is 11.3 Å². The van der Waals surface area contributed by atoms with E-state index in [0.29, 0.717) is 24.4 Å². The summed E-state index contributed by atoms with van der Waals surface area (Å²) in [6, 6.07) is 14.0. The van der Waals surface area contributed by atoms with Gasteiger partial charge in [-0.2, -0.15) is 5.10 Å². The third kappa shape index (κ3) is 5.50. The molecule has 0 spiro atoms. The number of pyridine rings is 1. The molecule has 1 aromatic carbocycles. The van der Waals surface area contributed by atoms with E-state index in [4.69, 9.17) is 0 Å². The zero-order valence-electron chi connectivity index (χ0n) is 20.9. The van der Waals surface area contributed by atoms with Gasteiger partial charge >= 0.3 is 0 Å². The van der Waals surface area contributed by atoms with Crippen LogP contribution >= 0.6 is 0 Å². The van der Waals surface area contributed by atoms with Crippen LogP contribution in [0.15, 0.2) is 72.0 Å². The molecule has 0 aliphatic carbocycles. The molecule has 0 saturated carbocycles. The molecule has 1 amide bonds. The van der Waals surface area contributed by atoms with Gasteiger partial charge in [-0.15, -0.1) is 0 Å². The van der Waals surface area contributed by atoms with Crippen LogP contribution in [0, 0.1) is 6.92 Å². The summed E-state index contributed by atoms with van der Waals surface area (Å²) in [7, 11) is 1.83. The highest BCUT2D eigenvalue weighted by Gasteiger charge is 2.18. The number of fused-ring (bicyclic) bond motifs is 1. The number of carbonyl (C=O) groups excluding carboxylic acids is 1. The van der Waals surface area contributed by atoms with Crippen molar-refractivity contribution in [2.24, 2.45) is 7.05 Å². The van der Waals surface area contributed by atoms with Crippen molar-refractivity contribution >= 4 is 16.8 Å². The lowest BCUT2D eigenvalue weighted by atomic mass is 10.1. The fourth-order valence-electron chi connectivity index (χ4n) is 4.55. The van der Waals surface area contributed by atoms with Gasteiger partial charge in [-0.3, -0.25) is 28.8 Å². The van der Waals surface area contributed by atoms with Gasteiger partial charge in [-0.1, -0.05) is 30.3 Å². The van der Waals surface area contributed by atoms with E-state index < -0.39 is 0 Å². The van der Waals surface area contributed by atoms with E-state index in [0.717, 1.165) is 40.7 Å². The Kier molecular flexibility index (Phi) is 6.93.